The normalized spacial score (nSPS) is 13.2. The van der Waals surface area contributed by atoms with Gasteiger partial charge in [0.15, 0.2) is 29.1 Å². The summed E-state index contributed by atoms with van der Waals surface area (Å²) in [5.41, 5.74) is 20.3. The Hall–Kier alpha value is -13.4. The second-order valence-electron chi connectivity index (χ2n) is 28.4. The van der Waals surface area contributed by atoms with Gasteiger partial charge in [0, 0.05) is 70.9 Å². The smallest absolute Gasteiger partial charge is 0.456 e. The summed E-state index contributed by atoms with van der Waals surface area (Å²) in [7, 11) is -0.392. The third kappa shape index (κ3) is 12.7. The molecule has 0 radical (unpaired) electrons. The van der Waals surface area contributed by atoms with Crippen LogP contribution in [0.25, 0.3) is 189 Å². The molecule has 14 aromatic carbocycles. The molecular formula is C96H66BClN6O6. The second kappa shape index (κ2) is 27.7. The Morgan fingerprint density at radius 2 is 0.536 bits per heavy atom. The van der Waals surface area contributed by atoms with Crippen LogP contribution < -0.4 is 5.46 Å². The van der Waals surface area contributed by atoms with E-state index in [4.69, 9.17) is 58.5 Å². The molecule has 0 amide bonds. The Kier molecular flexibility index (Phi) is 16.9. The van der Waals surface area contributed by atoms with Gasteiger partial charge in [0.1, 0.15) is 44.7 Å². The van der Waals surface area contributed by atoms with Crippen molar-refractivity contribution in [1.82, 2.24) is 29.9 Å². The average molecular weight is 1450 g/mol. The minimum Gasteiger partial charge on any atom is -0.456 e. The predicted octanol–water partition coefficient (Wildman–Crippen LogP) is 25.0. The Morgan fingerprint density at radius 1 is 0.236 bits per heavy atom. The molecule has 0 unspecified atom stereocenters. The van der Waals surface area contributed by atoms with Crippen molar-refractivity contribution in [3.63, 3.8) is 0 Å². The van der Waals surface area contributed by atoms with Crippen LogP contribution in [0.15, 0.2) is 345 Å². The van der Waals surface area contributed by atoms with E-state index in [0.29, 0.717) is 29.1 Å². The SMILES string of the molecule is CC1(C)OB(c2ccc3c(c2)oc2cccc(-c4ccccc4)c23)OC1(C)C.Clc1nc(-c2cccc(-c3ccccc3)c2)nc(-c2ccc3c(c2)oc2ccccc23)n1.c1ccc(-c2cccc(-c3nc(-c4ccc5c(c4)oc4ccccc45)nc(-c4ccc5c(c4)oc4cccc(-c6ccccc6)c45)n3)c2)cc1. The van der Waals surface area contributed by atoms with Gasteiger partial charge in [-0.05, 0) is 168 Å². The monoisotopic (exact) mass is 1440 g/mol. The van der Waals surface area contributed by atoms with Crippen molar-refractivity contribution in [2.75, 3.05) is 0 Å². The van der Waals surface area contributed by atoms with E-state index in [1.54, 1.807) is 0 Å². The Labute approximate surface area is 638 Å². The highest BCUT2D eigenvalue weighted by Crippen LogP contribution is 2.43. The zero-order chi connectivity index (χ0) is 74.0. The molecule has 1 aliphatic heterocycles. The summed E-state index contributed by atoms with van der Waals surface area (Å²) in [6.07, 6.45) is 0. The molecule has 1 fully saturated rings. The molecule has 526 valence electrons. The van der Waals surface area contributed by atoms with Gasteiger partial charge in [-0.3, -0.25) is 0 Å². The summed E-state index contributed by atoms with van der Waals surface area (Å²) in [5.74, 6) is 2.75. The molecule has 21 rings (SSSR count). The van der Waals surface area contributed by atoms with Crippen LogP contribution in [-0.2, 0) is 9.31 Å². The van der Waals surface area contributed by atoms with Crippen molar-refractivity contribution in [3.8, 4) is 101 Å². The molecule has 0 saturated carbocycles. The minimum absolute atomic E-state index is 0.153. The van der Waals surface area contributed by atoms with Gasteiger partial charge in [0.25, 0.3) is 0 Å². The van der Waals surface area contributed by atoms with Crippen LogP contribution in [0.5, 0.6) is 0 Å². The van der Waals surface area contributed by atoms with Gasteiger partial charge in [-0.1, -0.05) is 249 Å². The van der Waals surface area contributed by atoms with E-state index in [9.17, 15) is 0 Å². The molecule has 0 aliphatic carbocycles. The highest BCUT2D eigenvalue weighted by Gasteiger charge is 2.52. The number of rotatable bonds is 10. The van der Waals surface area contributed by atoms with E-state index in [1.807, 2.05) is 170 Å². The van der Waals surface area contributed by atoms with E-state index < -0.39 is 7.12 Å². The van der Waals surface area contributed by atoms with Crippen LogP contribution in [0.3, 0.4) is 0 Å². The number of fused-ring (bicyclic) bond motifs is 12. The van der Waals surface area contributed by atoms with Crippen LogP contribution in [-0.4, -0.2) is 48.2 Å². The molecule has 0 spiro atoms. The van der Waals surface area contributed by atoms with Gasteiger partial charge < -0.3 is 27.0 Å². The van der Waals surface area contributed by atoms with Crippen LogP contribution in [0.1, 0.15) is 27.7 Å². The van der Waals surface area contributed by atoms with Gasteiger partial charge >= 0.3 is 7.12 Å². The lowest BCUT2D eigenvalue weighted by Crippen LogP contribution is -2.41. The molecule has 14 heteroatoms. The quantitative estimate of drug-likeness (QED) is 0.120. The molecule has 12 nitrogen and oxygen atoms in total. The van der Waals surface area contributed by atoms with Crippen LogP contribution in [0.2, 0.25) is 5.28 Å². The average Bonchev–Trinajstić information content (AvgIpc) is 1.65. The third-order valence-electron chi connectivity index (χ3n) is 20.9. The Balaban J connectivity index is 0.000000118. The van der Waals surface area contributed by atoms with Crippen molar-refractivity contribution >= 4 is 112 Å². The zero-order valence-electron chi connectivity index (χ0n) is 60.3. The van der Waals surface area contributed by atoms with Crippen LogP contribution >= 0.6 is 11.6 Å². The minimum atomic E-state index is -0.392. The molecule has 20 aromatic rings. The maximum atomic E-state index is 6.46. The largest absolute Gasteiger partial charge is 0.494 e. The predicted molar refractivity (Wildman–Crippen MR) is 445 cm³/mol. The number of para-hydroxylation sites is 2. The highest BCUT2D eigenvalue weighted by atomic mass is 35.5. The molecule has 110 heavy (non-hydrogen) atoms. The van der Waals surface area contributed by atoms with E-state index >= 15 is 0 Å². The first-order valence-electron chi connectivity index (χ1n) is 36.6. The van der Waals surface area contributed by atoms with Crippen molar-refractivity contribution in [3.05, 3.63) is 333 Å². The molecule has 6 aromatic heterocycles. The number of hydrogen-bond donors (Lipinski definition) is 0. The summed E-state index contributed by atoms with van der Waals surface area (Å²) in [6.45, 7) is 8.27. The number of furan rings is 4. The van der Waals surface area contributed by atoms with Gasteiger partial charge in [-0.2, -0.15) is 9.97 Å². The summed E-state index contributed by atoms with van der Waals surface area (Å²) < 4.78 is 37.3. The molecular weight excluding hydrogens is 1380 g/mol. The molecule has 0 N–H and O–H groups in total. The second-order valence-corrected chi connectivity index (χ2v) is 28.8. The summed E-state index contributed by atoms with van der Waals surface area (Å²) in [5, 5.41) is 8.82. The van der Waals surface area contributed by atoms with E-state index in [-0.39, 0.29) is 16.5 Å². The number of aromatic nitrogens is 6. The molecule has 0 bridgehead atoms. The van der Waals surface area contributed by atoms with Gasteiger partial charge in [0.05, 0.1) is 11.2 Å². The van der Waals surface area contributed by atoms with Crippen molar-refractivity contribution < 1.29 is 27.0 Å². The molecule has 7 heterocycles. The lowest BCUT2D eigenvalue weighted by atomic mass is 9.79. The van der Waals surface area contributed by atoms with E-state index in [1.165, 1.54) is 11.1 Å². The fraction of sp³-hybridized carbons (Fsp3) is 0.0625. The van der Waals surface area contributed by atoms with Crippen molar-refractivity contribution in [2.45, 2.75) is 38.9 Å². The first-order valence-corrected chi connectivity index (χ1v) is 36.9. The van der Waals surface area contributed by atoms with E-state index in [0.717, 1.165) is 154 Å². The first kappa shape index (κ1) is 67.2. The molecule has 0 atom stereocenters. The third-order valence-corrected chi connectivity index (χ3v) is 21.1. The number of nitrogens with zero attached hydrogens (tertiary/aromatic N) is 6. The summed E-state index contributed by atoms with van der Waals surface area (Å²) in [4.78, 5) is 28.7. The molecule has 1 saturated heterocycles. The lowest BCUT2D eigenvalue weighted by Gasteiger charge is -2.32. The van der Waals surface area contributed by atoms with Crippen LogP contribution in [0.4, 0.5) is 0 Å². The zero-order valence-corrected chi connectivity index (χ0v) is 61.0. The molecule has 1 aliphatic rings. The Morgan fingerprint density at radius 3 is 0.973 bits per heavy atom. The first-order chi connectivity index (χ1) is 53.8. The summed E-state index contributed by atoms with van der Waals surface area (Å²) in [6, 6.07) is 111. The lowest BCUT2D eigenvalue weighted by molar-refractivity contribution is 0.00578. The van der Waals surface area contributed by atoms with Crippen LogP contribution in [0, 0.1) is 0 Å². The van der Waals surface area contributed by atoms with Gasteiger partial charge in [-0.15, -0.1) is 0 Å². The van der Waals surface area contributed by atoms with Gasteiger partial charge in [0.2, 0.25) is 5.28 Å². The fourth-order valence-corrected chi connectivity index (χ4v) is 14.8. The topological polar surface area (TPSA) is 148 Å². The van der Waals surface area contributed by atoms with E-state index in [2.05, 4.69) is 195 Å². The van der Waals surface area contributed by atoms with Gasteiger partial charge in [-0.25, -0.2) is 19.9 Å². The highest BCUT2D eigenvalue weighted by molar-refractivity contribution is 6.62. The summed E-state index contributed by atoms with van der Waals surface area (Å²) >= 11 is 6.30. The standard InChI is InChI=1S/C45H27N3O2.C27H16ClN3O.C24H23BO3/c1-3-11-28(12-4-1)30-15-9-16-31(25-30)43-46-44(32-21-23-36-35-17-7-8-19-38(35)49-40(36)26-32)48-45(47-43)33-22-24-37-41(27-33)50-39-20-10-18-34(42(37)39)29-13-5-2-6-14-29;28-27-30-25(19-10-6-9-18(15-19)17-7-2-1-3-8-17)29-26(31-27)20-13-14-22-21-11-4-5-12-23(21)32-24(22)16-20;1-23(2)24(3,4)28-25(27-23)17-13-14-19-21(15-17)26-20-12-8-11-18(22(19)20)16-9-6-5-7-10-16/h1-27H;1-16H;5-15H,1-4H3. The Bertz CT molecular complexity index is 6880. The van der Waals surface area contributed by atoms with Crippen molar-refractivity contribution in [2.24, 2.45) is 0 Å². The number of hydrogen-bond acceptors (Lipinski definition) is 12. The number of benzene rings is 14. The fourth-order valence-electron chi connectivity index (χ4n) is 14.7. The number of halogens is 1. The maximum absolute atomic E-state index is 6.46. The van der Waals surface area contributed by atoms with Crippen molar-refractivity contribution in [1.29, 1.82) is 0 Å². The maximum Gasteiger partial charge on any atom is 0.494 e.